The Hall–Kier alpha value is -2.90. The van der Waals surface area contributed by atoms with Crippen LogP contribution in [0.4, 0.5) is 0 Å². The average molecular weight is 510 g/mol. The molecular weight excluding hydrogens is 466 g/mol. The van der Waals surface area contributed by atoms with Crippen molar-refractivity contribution in [1.82, 2.24) is 14.7 Å². The number of rotatable bonds is 10. The highest BCUT2D eigenvalue weighted by molar-refractivity contribution is 5.96. The van der Waals surface area contributed by atoms with Crippen LogP contribution in [0.3, 0.4) is 0 Å². The summed E-state index contributed by atoms with van der Waals surface area (Å²) in [6.45, 7) is 13.9. The van der Waals surface area contributed by atoms with Gasteiger partial charge in [0.25, 0.3) is 5.91 Å². The number of ether oxygens (including phenoxy) is 1. The molecule has 1 fully saturated rings. The summed E-state index contributed by atoms with van der Waals surface area (Å²) in [7, 11) is 1.61. The minimum Gasteiger partial charge on any atom is -0.508 e. The largest absolute Gasteiger partial charge is 0.508 e. The molecule has 0 aromatic heterocycles. The number of benzene rings is 2. The Morgan fingerprint density at radius 3 is 2.38 bits per heavy atom. The first-order chi connectivity index (χ1) is 17.6. The molecule has 1 aliphatic rings. The molecule has 1 aliphatic heterocycles. The van der Waals surface area contributed by atoms with E-state index in [-0.39, 0.29) is 36.9 Å². The number of phenolic OH excluding ortho intramolecular Hbond substituents is 1. The van der Waals surface area contributed by atoms with Crippen LogP contribution in [-0.4, -0.2) is 83.6 Å². The van der Waals surface area contributed by atoms with Crippen LogP contribution in [-0.2, 0) is 9.53 Å². The van der Waals surface area contributed by atoms with E-state index in [4.69, 9.17) is 4.74 Å². The Kier molecular flexibility index (Phi) is 10.1. The highest BCUT2D eigenvalue weighted by atomic mass is 16.5. The number of aromatic hydroxyl groups is 1. The standard InChI is InChI=1S/C30H43N3O4/c1-7-21(3)17-32-18-23(5)33(19-22(32)4)29(25-12-10-14-27(34)16-25)24-11-9-13-26(15-24)30(36)31(6)20-28(35)37-8-2/h9-16,21-23,29,34H,7-8,17-20H2,1-6H3/t21?,22-,23+,29?/m1/s1. The summed E-state index contributed by atoms with van der Waals surface area (Å²) < 4.78 is 5.00. The smallest absolute Gasteiger partial charge is 0.325 e. The van der Waals surface area contributed by atoms with Crippen LogP contribution in [0.15, 0.2) is 48.5 Å². The van der Waals surface area contributed by atoms with Gasteiger partial charge < -0.3 is 14.7 Å². The Balaban J connectivity index is 1.93. The van der Waals surface area contributed by atoms with E-state index in [0.29, 0.717) is 17.5 Å². The van der Waals surface area contributed by atoms with Gasteiger partial charge in [0.05, 0.1) is 12.6 Å². The highest BCUT2D eigenvalue weighted by Crippen LogP contribution is 2.35. The lowest BCUT2D eigenvalue weighted by atomic mass is 9.92. The lowest BCUT2D eigenvalue weighted by molar-refractivity contribution is -0.143. The molecular formula is C30H43N3O4. The first kappa shape index (κ1) is 28.7. The zero-order chi connectivity index (χ0) is 27.1. The normalized spacial score (nSPS) is 20.3. The van der Waals surface area contributed by atoms with Crippen molar-refractivity contribution in [2.45, 2.75) is 59.2 Å². The van der Waals surface area contributed by atoms with Crippen LogP contribution in [0, 0.1) is 5.92 Å². The third-order valence-corrected chi connectivity index (χ3v) is 7.39. The van der Waals surface area contributed by atoms with Gasteiger partial charge in [0.15, 0.2) is 0 Å². The maximum Gasteiger partial charge on any atom is 0.325 e. The maximum atomic E-state index is 13.2. The quantitative estimate of drug-likeness (QED) is 0.474. The zero-order valence-corrected chi connectivity index (χ0v) is 23.2. The number of nitrogens with zero attached hydrogens (tertiary/aromatic N) is 3. The molecule has 1 saturated heterocycles. The number of piperazine rings is 1. The van der Waals surface area contributed by atoms with Gasteiger partial charge in [0.1, 0.15) is 12.3 Å². The number of hydrogen-bond donors (Lipinski definition) is 1. The van der Waals surface area contributed by atoms with E-state index < -0.39 is 5.97 Å². The molecule has 0 bridgehead atoms. The second kappa shape index (κ2) is 13.1. The molecule has 7 nitrogen and oxygen atoms in total. The van der Waals surface area contributed by atoms with E-state index in [2.05, 4.69) is 37.5 Å². The Morgan fingerprint density at radius 1 is 1.05 bits per heavy atom. The van der Waals surface area contributed by atoms with Gasteiger partial charge in [-0.05, 0) is 62.1 Å². The summed E-state index contributed by atoms with van der Waals surface area (Å²) in [4.78, 5) is 31.5. The Morgan fingerprint density at radius 2 is 1.73 bits per heavy atom. The van der Waals surface area contributed by atoms with Crippen LogP contribution in [0.25, 0.3) is 0 Å². The van der Waals surface area contributed by atoms with Gasteiger partial charge in [-0.3, -0.25) is 19.4 Å². The molecule has 0 aliphatic carbocycles. The van der Waals surface area contributed by atoms with Crippen molar-refractivity contribution >= 4 is 11.9 Å². The van der Waals surface area contributed by atoms with Crippen molar-refractivity contribution in [2.75, 3.05) is 39.8 Å². The number of phenols is 1. The van der Waals surface area contributed by atoms with Gasteiger partial charge in [0.2, 0.25) is 0 Å². The summed E-state index contributed by atoms with van der Waals surface area (Å²) in [5.74, 6) is 0.215. The molecule has 1 heterocycles. The SMILES string of the molecule is CCOC(=O)CN(C)C(=O)c1cccc(C(c2cccc(O)c2)N2C[C@@H](C)N(CC(C)CC)C[C@@H]2C)c1. The van der Waals surface area contributed by atoms with Gasteiger partial charge in [-0.1, -0.05) is 44.5 Å². The molecule has 4 atom stereocenters. The summed E-state index contributed by atoms with van der Waals surface area (Å²) in [6.07, 6.45) is 1.17. The summed E-state index contributed by atoms with van der Waals surface area (Å²) in [5.41, 5.74) is 2.49. The number of carbonyl (C=O) groups excluding carboxylic acids is 2. The Bertz CT molecular complexity index is 1060. The van der Waals surface area contributed by atoms with Crippen molar-refractivity contribution in [3.8, 4) is 5.75 Å². The summed E-state index contributed by atoms with van der Waals surface area (Å²) >= 11 is 0. The number of hydrogen-bond acceptors (Lipinski definition) is 6. The van der Waals surface area contributed by atoms with Crippen LogP contribution in [0.5, 0.6) is 5.75 Å². The van der Waals surface area contributed by atoms with Crippen LogP contribution in [0.2, 0.25) is 0 Å². The van der Waals surface area contributed by atoms with Gasteiger partial charge >= 0.3 is 5.97 Å². The number of amides is 1. The van der Waals surface area contributed by atoms with E-state index in [1.165, 1.54) is 11.3 Å². The van der Waals surface area contributed by atoms with E-state index >= 15 is 0 Å². The van der Waals surface area contributed by atoms with Crippen molar-refractivity contribution < 1.29 is 19.4 Å². The molecule has 2 unspecified atom stereocenters. The number of esters is 1. The van der Waals surface area contributed by atoms with Gasteiger partial charge in [-0.2, -0.15) is 0 Å². The lowest BCUT2D eigenvalue weighted by Gasteiger charge is -2.48. The minimum atomic E-state index is -0.426. The fourth-order valence-corrected chi connectivity index (χ4v) is 5.17. The lowest BCUT2D eigenvalue weighted by Crippen LogP contribution is -2.57. The summed E-state index contributed by atoms with van der Waals surface area (Å²) in [6, 6.07) is 15.6. The fourth-order valence-electron chi connectivity index (χ4n) is 5.17. The van der Waals surface area contributed by atoms with Gasteiger partial charge in [0, 0.05) is 44.3 Å². The molecule has 3 rings (SSSR count). The van der Waals surface area contributed by atoms with E-state index in [1.807, 2.05) is 36.4 Å². The number of likely N-dealkylation sites (N-methyl/N-ethyl adjacent to an activating group) is 1. The molecule has 0 saturated carbocycles. The molecule has 1 N–H and O–H groups in total. The molecule has 0 radical (unpaired) electrons. The monoisotopic (exact) mass is 509 g/mol. The van der Waals surface area contributed by atoms with Crippen LogP contribution >= 0.6 is 0 Å². The maximum absolute atomic E-state index is 13.2. The molecule has 0 spiro atoms. The second-order valence-corrected chi connectivity index (χ2v) is 10.5. The predicted molar refractivity (Wildman–Crippen MR) is 147 cm³/mol. The topological polar surface area (TPSA) is 73.3 Å². The Labute approximate surface area is 222 Å². The third kappa shape index (κ3) is 7.33. The van der Waals surface area contributed by atoms with E-state index in [0.717, 1.165) is 30.8 Å². The molecule has 2 aromatic rings. The van der Waals surface area contributed by atoms with E-state index in [1.54, 1.807) is 26.1 Å². The number of carbonyl (C=O) groups is 2. The van der Waals surface area contributed by atoms with Gasteiger partial charge in [-0.25, -0.2) is 0 Å². The van der Waals surface area contributed by atoms with Crippen molar-refractivity contribution in [1.29, 1.82) is 0 Å². The summed E-state index contributed by atoms with van der Waals surface area (Å²) in [5, 5.41) is 10.3. The fraction of sp³-hybridized carbons (Fsp3) is 0.533. The van der Waals surface area contributed by atoms with Crippen molar-refractivity contribution in [3.63, 3.8) is 0 Å². The van der Waals surface area contributed by atoms with Crippen molar-refractivity contribution in [2.24, 2.45) is 5.92 Å². The minimum absolute atomic E-state index is 0.0976. The third-order valence-electron chi connectivity index (χ3n) is 7.39. The van der Waals surface area contributed by atoms with E-state index in [9.17, 15) is 14.7 Å². The highest BCUT2D eigenvalue weighted by Gasteiger charge is 2.35. The predicted octanol–water partition coefficient (Wildman–Crippen LogP) is 4.56. The molecule has 1 amide bonds. The first-order valence-corrected chi connectivity index (χ1v) is 13.4. The first-order valence-electron chi connectivity index (χ1n) is 13.4. The molecule has 7 heteroatoms. The zero-order valence-electron chi connectivity index (χ0n) is 23.2. The van der Waals surface area contributed by atoms with Crippen LogP contribution in [0.1, 0.15) is 68.6 Å². The van der Waals surface area contributed by atoms with Crippen molar-refractivity contribution in [3.05, 3.63) is 65.2 Å². The molecule has 37 heavy (non-hydrogen) atoms. The average Bonchev–Trinajstić information content (AvgIpc) is 2.86. The van der Waals surface area contributed by atoms with Gasteiger partial charge in [-0.15, -0.1) is 0 Å². The molecule has 2 aromatic carbocycles. The van der Waals surface area contributed by atoms with Crippen LogP contribution < -0.4 is 0 Å². The molecule has 202 valence electrons. The second-order valence-electron chi connectivity index (χ2n) is 10.5.